The maximum absolute atomic E-state index is 12.0. The van der Waals surface area contributed by atoms with Crippen LogP contribution in [0.3, 0.4) is 0 Å². The summed E-state index contributed by atoms with van der Waals surface area (Å²) in [5.41, 5.74) is 0.257. The number of benzene rings is 1. The lowest BCUT2D eigenvalue weighted by Gasteiger charge is -2.16. The maximum Gasteiger partial charge on any atom is 0.253 e. The van der Waals surface area contributed by atoms with Gasteiger partial charge < -0.3 is 10.6 Å². The van der Waals surface area contributed by atoms with Crippen molar-refractivity contribution in [2.75, 3.05) is 6.54 Å². The van der Waals surface area contributed by atoms with Crippen LogP contribution in [0.2, 0.25) is 10.0 Å². The van der Waals surface area contributed by atoms with Crippen molar-refractivity contribution in [3.8, 4) is 0 Å². The summed E-state index contributed by atoms with van der Waals surface area (Å²) in [7, 11) is 0. The van der Waals surface area contributed by atoms with Crippen LogP contribution in [0.1, 0.15) is 37.6 Å². The van der Waals surface area contributed by atoms with E-state index in [2.05, 4.69) is 24.5 Å². The SMILES string of the molecule is CC(C)CC(C)NC(=O)CNC(=O)c1cc(Cl)ccc1Cl. The fourth-order valence-corrected chi connectivity index (χ4v) is 2.39. The van der Waals surface area contributed by atoms with Crippen LogP contribution >= 0.6 is 23.2 Å². The molecule has 1 atom stereocenters. The highest BCUT2D eigenvalue weighted by atomic mass is 35.5. The largest absolute Gasteiger partial charge is 0.352 e. The van der Waals surface area contributed by atoms with E-state index >= 15 is 0 Å². The standard InChI is InChI=1S/C15H20Cl2N2O2/c1-9(2)6-10(3)19-14(20)8-18-15(21)12-7-11(16)4-5-13(12)17/h4-5,7,9-10H,6,8H2,1-3H3,(H,18,21)(H,19,20). The molecule has 0 aliphatic rings. The molecule has 21 heavy (non-hydrogen) atoms. The summed E-state index contributed by atoms with van der Waals surface area (Å²) in [6.07, 6.45) is 0.889. The molecule has 0 fully saturated rings. The van der Waals surface area contributed by atoms with Crippen molar-refractivity contribution in [3.63, 3.8) is 0 Å². The van der Waals surface area contributed by atoms with Gasteiger partial charge in [0.2, 0.25) is 5.91 Å². The summed E-state index contributed by atoms with van der Waals surface area (Å²) in [5.74, 6) is -0.149. The molecular weight excluding hydrogens is 311 g/mol. The first kappa shape index (κ1) is 17.8. The van der Waals surface area contributed by atoms with Crippen LogP contribution in [0, 0.1) is 5.92 Å². The van der Waals surface area contributed by atoms with Crippen molar-refractivity contribution < 1.29 is 9.59 Å². The average molecular weight is 331 g/mol. The molecule has 0 radical (unpaired) electrons. The van der Waals surface area contributed by atoms with E-state index in [1.807, 2.05) is 6.92 Å². The van der Waals surface area contributed by atoms with E-state index in [-0.39, 0.29) is 24.1 Å². The van der Waals surface area contributed by atoms with Crippen molar-refractivity contribution in [1.82, 2.24) is 10.6 Å². The highest BCUT2D eigenvalue weighted by Gasteiger charge is 2.13. The third kappa shape index (κ3) is 6.36. The van der Waals surface area contributed by atoms with Gasteiger partial charge >= 0.3 is 0 Å². The molecule has 0 saturated heterocycles. The van der Waals surface area contributed by atoms with E-state index in [9.17, 15) is 9.59 Å². The summed E-state index contributed by atoms with van der Waals surface area (Å²) in [6.45, 7) is 6.02. The predicted molar refractivity (Wildman–Crippen MR) is 85.9 cm³/mol. The Morgan fingerprint density at radius 2 is 1.86 bits per heavy atom. The van der Waals surface area contributed by atoms with Crippen molar-refractivity contribution in [2.45, 2.75) is 33.2 Å². The zero-order valence-corrected chi connectivity index (χ0v) is 13.9. The van der Waals surface area contributed by atoms with E-state index in [4.69, 9.17) is 23.2 Å². The van der Waals surface area contributed by atoms with Gasteiger partial charge in [-0.3, -0.25) is 9.59 Å². The van der Waals surface area contributed by atoms with E-state index in [1.165, 1.54) is 6.07 Å². The quantitative estimate of drug-likeness (QED) is 0.840. The summed E-state index contributed by atoms with van der Waals surface area (Å²) >= 11 is 11.8. The third-order valence-corrected chi connectivity index (χ3v) is 3.38. The van der Waals surface area contributed by atoms with Crippen molar-refractivity contribution in [1.29, 1.82) is 0 Å². The molecular formula is C15H20Cl2N2O2. The number of amides is 2. The van der Waals surface area contributed by atoms with Gasteiger partial charge in [-0.25, -0.2) is 0 Å². The van der Waals surface area contributed by atoms with Crippen molar-refractivity contribution >= 4 is 35.0 Å². The molecule has 0 aliphatic heterocycles. The molecule has 0 aliphatic carbocycles. The zero-order valence-electron chi connectivity index (χ0n) is 12.4. The number of rotatable bonds is 6. The van der Waals surface area contributed by atoms with Gasteiger partial charge in [-0.15, -0.1) is 0 Å². The molecule has 1 unspecified atom stereocenters. The van der Waals surface area contributed by atoms with Crippen LogP contribution in [0.25, 0.3) is 0 Å². The van der Waals surface area contributed by atoms with Gasteiger partial charge in [0.15, 0.2) is 0 Å². The number of hydrogen-bond acceptors (Lipinski definition) is 2. The number of hydrogen-bond donors (Lipinski definition) is 2. The molecule has 0 bridgehead atoms. The number of carbonyl (C=O) groups is 2. The normalized spacial score (nSPS) is 12.1. The highest BCUT2D eigenvalue weighted by Crippen LogP contribution is 2.20. The molecule has 1 aromatic carbocycles. The third-order valence-electron chi connectivity index (χ3n) is 2.81. The average Bonchev–Trinajstić information content (AvgIpc) is 2.37. The maximum atomic E-state index is 12.0. The molecule has 0 spiro atoms. The smallest absolute Gasteiger partial charge is 0.253 e. The minimum absolute atomic E-state index is 0.0733. The summed E-state index contributed by atoms with van der Waals surface area (Å²) in [6, 6.07) is 4.69. The van der Waals surface area contributed by atoms with E-state index in [0.717, 1.165) is 6.42 Å². The summed E-state index contributed by atoms with van der Waals surface area (Å²) < 4.78 is 0. The monoisotopic (exact) mass is 330 g/mol. The molecule has 2 amide bonds. The van der Waals surface area contributed by atoms with Crippen molar-refractivity contribution in [3.05, 3.63) is 33.8 Å². The van der Waals surface area contributed by atoms with Crippen LogP contribution in [0.15, 0.2) is 18.2 Å². The molecule has 6 heteroatoms. The topological polar surface area (TPSA) is 58.2 Å². The Kier molecular flexibility index (Phi) is 6.99. The number of nitrogens with one attached hydrogen (secondary N) is 2. The molecule has 0 heterocycles. The molecule has 4 nitrogen and oxygen atoms in total. The second-order valence-corrected chi connectivity index (χ2v) is 6.25. The molecule has 2 N–H and O–H groups in total. The van der Waals surface area contributed by atoms with Gasteiger partial charge in [-0.1, -0.05) is 37.0 Å². The predicted octanol–water partition coefficient (Wildman–Crippen LogP) is 3.27. The Bertz CT molecular complexity index is 518. The first-order valence-corrected chi connectivity index (χ1v) is 7.57. The molecule has 1 rings (SSSR count). The Hall–Kier alpha value is -1.26. The number of carbonyl (C=O) groups excluding carboxylic acids is 2. The van der Waals surface area contributed by atoms with Gasteiger partial charge in [-0.2, -0.15) is 0 Å². The van der Waals surface area contributed by atoms with Gasteiger partial charge in [0.05, 0.1) is 17.1 Å². The lowest BCUT2D eigenvalue weighted by molar-refractivity contribution is -0.120. The Labute approximate surface area is 135 Å². The Balaban J connectivity index is 2.49. The Morgan fingerprint density at radius 1 is 1.19 bits per heavy atom. The first-order chi connectivity index (χ1) is 9.79. The lowest BCUT2D eigenvalue weighted by Crippen LogP contribution is -2.41. The summed E-state index contributed by atoms with van der Waals surface area (Å²) in [4.78, 5) is 23.7. The van der Waals surface area contributed by atoms with Crippen molar-refractivity contribution in [2.24, 2.45) is 5.92 Å². The zero-order chi connectivity index (χ0) is 16.0. The van der Waals surface area contributed by atoms with Gasteiger partial charge in [0.25, 0.3) is 5.91 Å². The molecule has 116 valence electrons. The fourth-order valence-electron chi connectivity index (χ4n) is 2.02. The van der Waals surface area contributed by atoms with E-state index < -0.39 is 5.91 Å². The van der Waals surface area contributed by atoms with E-state index in [1.54, 1.807) is 12.1 Å². The molecule has 0 aromatic heterocycles. The second-order valence-electron chi connectivity index (χ2n) is 5.40. The van der Waals surface area contributed by atoms with Crippen LogP contribution < -0.4 is 10.6 Å². The lowest BCUT2D eigenvalue weighted by atomic mass is 10.1. The van der Waals surface area contributed by atoms with Crippen LogP contribution in [0.4, 0.5) is 0 Å². The minimum Gasteiger partial charge on any atom is -0.352 e. The van der Waals surface area contributed by atoms with Crippen LogP contribution in [0.5, 0.6) is 0 Å². The first-order valence-electron chi connectivity index (χ1n) is 6.82. The van der Waals surface area contributed by atoms with Gasteiger partial charge in [-0.05, 0) is 37.5 Å². The molecule has 0 saturated carbocycles. The minimum atomic E-state index is -0.422. The second kappa shape index (κ2) is 8.25. The van der Waals surface area contributed by atoms with Crippen LogP contribution in [-0.4, -0.2) is 24.4 Å². The van der Waals surface area contributed by atoms with Crippen LogP contribution in [-0.2, 0) is 4.79 Å². The molecule has 1 aromatic rings. The van der Waals surface area contributed by atoms with E-state index in [0.29, 0.717) is 16.0 Å². The van der Waals surface area contributed by atoms with Gasteiger partial charge in [0, 0.05) is 11.1 Å². The fraction of sp³-hybridized carbons (Fsp3) is 0.467. The number of halogens is 2. The highest BCUT2D eigenvalue weighted by molar-refractivity contribution is 6.35. The van der Waals surface area contributed by atoms with Gasteiger partial charge in [0.1, 0.15) is 0 Å². The summed E-state index contributed by atoms with van der Waals surface area (Å²) in [5, 5.41) is 6.08. The Morgan fingerprint density at radius 3 is 2.48 bits per heavy atom.